The summed E-state index contributed by atoms with van der Waals surface area (Å²) in [4.78, 5) is 5.19. The van der Waals surface area contributed by atoms with E-state index < -0.39 is 0 Å². The van der Waals surface area contributed by atoms with Gasteiger partial charge < -0.3 is 10.2 Å². The predicted molar refractivity (Wildman–Crippen MR) is 75.5 cm³/mol. The van der Waals surface area contributed by atoms with Gasteiger partial charge in [-0.25, -0.2) is 0 Å². The Balaban J connectivity index is 2.38. The van der Waals surface area contributed by atoms with Gasteiger partial charge in [0.15, 0.2) is 0 Å². The number of hydrogen-bond acceptors (Lipinski definition) is 3. The summed E-state index contributed by atoms with van der Waals surface area (Å²) in [5.41, 5.74) is 0. The van der Waals surface area contributed by atoms with Crippen molar-refractivity contribution in [3.05, 3.63) is 0 Å². The highest BCUT2D eigenvalue weighted by Gasteiger charge is 2.21. The zero-order chi connectivity index (χ0) is 12.7. The Morgan fingerprint density at radius 2 is 2.06 bits per heavy atom. The molecular weight excluding hydrogens is 210 g/mol. The fourth-order valence-electron chi connectivity index (χ4n) is 2.78. The van der Waals surface area contributed by atoms with Gasteiger partial charge in [-0.2, -0.15) is 0 Å². The molecule has 0 saturated carbocycles. The van der Waals surface area contributed by atoms with E-state index in [-0.39, 0.29) is 0 Å². The Morgan fingerprint density at radius 1 is 1.29 bits per heavy atom. The first-order valence-corrected chi connectivity index (χ1v) is 7.33. The van der Waals surface area contributed by atoms with Crippen LogP contribution in [-0.4, -0.2) is 61.7 Å². The van der Waals surface area contributed by atoms with Crippen LogP contribution < -0.4 is 5.32 Å². The molecule has 1 saturated heterocycles. The van der Waals surface area contributed by atoms with Crippen molar-refractivity contribution < 1.29 is 0 Å². The number of nitrogens with zero attached hydrogens (tertiary/aromatic N) is 2. The average molecular weight is 241 g/mol. The van der Waals surface area contributed by atoms with Gasteiger partial charge in [-0.05, 0) is 59.4 Å². The lowest BCUT2D eigenvalue weighted by Crippen LogP contribution is -2.42. The molecule has 0 bridgehead atoms. The fourth-order valence-corrected chi connectivity index (χ4v) is 2.78. The van der Waals surface area contributed by atoms with Crippen molar-refractivity contribution >= 4 is 0 Å². The van der Waals surface area contributed by atoms with Crippen LogP contribution >= 0.6 is 0 Å². The molecule has 102 valence electrons. The maximum atomic E-state index is 3.51. The standard InChI is InChI=1S/C14H31N3/c1-5-14-12-16(4)9-7-10-17(14)11-8-13(3)15-6-2/h13-15H,5-12H2,1-4H3. The van der Waals surface area contributed by atoms with Crippen molar-refractivity contribution in [1.29, 1.82) is 0 Å². The van der Waals surface area contributed by atoms with Crippen LogP contribution in [0.5, 0.6) is 0 Å². The lowest BCUT2D eigenvalue weighted by Gasteiger charge is -2.31. The van der Waals surface area contributed by atoms with Gasteiger partial charge in [0.25, 0.3) is 0 Å². The summed E-state index contributed by atoms with van der Waals surface area (Å²) in [6, 6.07) is 1.41. The van der Waals surface area contributed by atoms with Gasteiger partial charge in [0.05, 0.1) is 0 Å². The molecule has 3 nitrogen and oxygen atoms in total. The van der Waals surface area contributed by atoms with E-state index in [0.29, 0.717) is 6.04 Å². The summed E-state index contributed by atoms with van der Waals surface area (Å²) >= 11 is 0. The molecule has 1 aliphatic rings. The van der Waals surface area contributed by atoms with Crippen LogP contribution in [-0.2, 0) is 0 Å². The van der Waals surface area contributed by atoms with Crippen molar-refractivity contribution in [3.63, 3.8) is 0 Å². The second kappa shape index (κ2) is 8.06. The lowest BCUT2D eigenvalue weighted by molar-refractivity contribution is 0.176. The molecule has 1 aliphatic heterocycles. The summed E-state index contributed by atoms with van der Waals surface area (Å²) in [5, 5.41) is 3.51. The van der Waals surface area contributed by atoms with Gasteiger partial charge in [-0.1, -0.05) is 13.8 Å². The van der Waals surface area contributed by atoms with E-state index in [1.54, 1.807) is 0 Å². The van der Waals surface area contributed by atoms with Crippen LogP contribution in [0.1, 0.15) is 40.0 Å². The third-order valence-corrected chi connectivity index (χ3v) is 3.90. The molecule has 1 heterocycles. The molecular formula is C14H31N3. The van der Waals surface area contributed by atoms with Gasteiger partial charge in [-0.15, -0.1) is 0 Å². The Kier molecular flexibility index (Phi) is 7.09. The monoisotopic (exact) mass is 241 g/mol. The molecule has 0 spiro atoms. The minimum absolute atomic E-state index is 0.651. The minimum Gasteiger partial charge on any atom is -0.314 e. The lowest BCUT2D eigenvalue weighted by atomic mass is 10.1. The van der Waals surface area contributed by atoms with Crippen LogP contribution in [0, 0.1) is 0 Å². The first-order chi connectivity index (χ1) is 8.17. The Bertz CT molecular complexity index is 196. The second-order valence-corrected chi connectivity index (χ2v) is 5.46. The number of likely N-dealkylation sites (N-methyl/N-ethyl adjacent to an activating group) is 1. The van der Waals surface area contributed by atoms with E-state index in [9.17, 15) is 0 Å². The third kappa shape index (κ3) is 5.36. The normalized spacial score (nSPS) is 25.8. The number of rotatable bonds is 6. The Hall–Kier alpha value is -0.120. The molecule has 0 aromatic rings. The van der Waals surface area contributed by atoms with Gasteiger partial charge in [0.1, 0.15) is 0 Å². The third-order valence-electron chi connectivity index (χ3n) is 3.90. The van der Waals surface area contributed by atoms with E-state index in [4.69, 9.17) is 0 Å². The summed E-state index contributed by atoms with van der Waals surface area (Å²) in [7, 11) is 2.26. The summed E-state index contributed by atoms with van der Waals surface area (Å²) in [6.07, 6.45) is 3.87. The van der Waals surface area contributed by atoms with Crippen LogP contribution in [0.25, 0.3) is 0 Å². The minimum atomic E-state index is 0.651. The molecule has 2 unspecified atom stereocenters. The SMILES string of the molecule is CCNC(C)CCN1CCCN(C)CC1CC. The first-order valence-electron chi connectivity index (χ1n) is 7.33. The van der Waals surface area contributed by atoms with E-state index in [2.05, 4.69) is 42.9 Å². The molecule has 0 amide bonds. The van der Waals surface area contributed by atoms with E-state index in [1.807, 2.05) is 0 Å². The fraction of sp³-hybridized carbons (Fsp3) is 1.00. The van der Waals surface area contributed by atoms with Crippen LogP contribution in [0.3, 0.4) is 0 Å². The average Bonchev–Trinajstić information content (AvgIpc) is 2.48. The topological polar surface area (TPSA) is 18.5 Å². The molecule has 0 aromatic carbocycles. The highest BCUT2D eigenvalue weighted by Crippen LogP contribution is 2.12. The van der Waals surface area contributed by atoms with E-state index >= 15 is 0 Å². The van der Waals surface area contributed by atoms with Gasteiger partial charge in [-0.3, -0.25) is 4.90 Å². The molecule has 0 aromatic heterocycles. The van der Waals surface area contributed by atoms with Gasteiger partial charge in [0.2, 0.25) is 0 Å². The highest BCUT2D eigenvalue weighted by atomic mass is 15.2. The van der Waals surface area contributed by atoms with Gasteiger partial charge >= 0.3 is 0 Å². The zero-order valence-electron chi connectivity index (χ0n) is 12.2. The highest BCUT2D eigenvalue weighted by molar-refractivity contribution is 4.78. The van der Waals surface area contributed by atoms with Crippen molar-refractivity contribution in [2.75, 3.05) is 39.8 Å². The summed E-state index contributed by atoms with van der Waals surface area (Å²) < 4.78 is 0. The number of nitrogens with one attached hydrogen (secondary N) is 1. The van der Waals surface area contributed by atoms with Crippen molar-refractivity contribution in [3.8, 4) is 0 Å². The molecule has 1 fully saturated rings. The quantitative estimate of drug-likeness (QED) is 0.765. The number of hydrogen-bond donors (Lipinski definition) is 1. The van der Waals surface area contributed by atoms with Crippen molar-refractivity contribution in [1.82, 2.24) is 15.1 Å². The van der Waals surface area contributed by atoms with Crippen LogP contribution in [0.4, 0.5) is 0 Å². The molecule has 1 N–H and O–H groups in total. The maximum Gasteiger partial charge on any atom is 0.0220 e. The molecule has 3 heteroatoms. The van der Waals surface area contributed by atoms with Crippen molar-refractivity contribution in [2.24, 2.45) is 0 Å². The van der Waals surface area contributed by atoms with Crippen molar-refractivity contribution in [2.45, 2.75) is 52.1 Å². The maximum absolute atomic E-state index is 3.51. The molecule has 0 aliphatic carbocycles. The summed E-state index contributed by atoms with van der Waals surface area (Å²) in [5.74, 6) is 0. The Morgan fingerprint density at radius 3 is 2.71 bits per heavy atom. The zero-order valence-corrected chi connectivity index (χ0v) is 12.2. The smallest absolute Gasteiger partial charge is 0.0220 e. The van der Waals surface area contributed by atoms with Crippen LogP contribution in [0.2, 0.25) is 0 Å². The van der Waals surface area contributed by atoms with E-state index in [0.717, 1.165) is 12.6 Å². The predicted octanol–water partition coefficient (Wildman–Crippen LogP) is 1.79. The molecule has 2 atom stereocenters. The Labute approximate surface area is 108 Å². The molecule has 17 heavy (non-hydrogen) atoms. The molecule has 1 rings (SSSR count). The molecule has 0 radical (unpaired) electrons. The van der Waals surface area contributed by atoms with E-state index in [1.165, 1.54) is 45.4 Å². The van der Waals surface area contributed by atoms with Crippen LogP contribution in [0.15, 0.2) is 0 Å². The first kappa shape index (κ1) is 14.9. The summed E-state index contributed by atoms with van der Waals surface area (Å²) in [6.45, 7) is 12.9. The van der Waals surface area contributed by atoms with Gasteiger partial charge in [0, 0.05) is 18.6 Å². The second-order valence-electron chi connectivity index (χ2n) is 5.46. The largest absolute Gasteiger partial charge is 0.314 e.